The molecule has 0 bridgehead atoms. The van der Waals surface area contributed by atoms with Crippen molar-refractivity contribution in [3.63, 3.8) is 0 Å². The number of nitrogens with one attached hydrogen (secondary N) is 1. The van der Waals surface area contributed by atoms with Gasteiger partial charge in [-0.05, 0) is 55.9 Å². The third kappa shape index (κ3) is 7.86. The molecule has 1 aromatic heterocycles. The van der Waals surface area contributed by atoms with E-state index in [0.29, 0.717) is 25.2 Å². The smallest absolute Gasteiger partial charge is 0.224 e. The van der Waals surface area contributed by atoms with Gasteiger partial charge in [-0.25, -0.2) is 4.98 Å². The van der Waals surface area contributed by atoms with Crippen LogP contribution in [0, 0.1) is 11.8 Å². The largest absolute Gasteiger partial charge is 0.353 e. The molecule has 1 fully saturated rings. The quantitative estimate of drug-likeness (QED) is 0.356. The van der Waals surface area contributed by atoms with Crippen molar-refractivity contribution in [3.8, 4) is 0 Å². The molecule has 2 atom stereocenters. The van der Waals surface area contributed by atoms with E-state index in [1.165, 1.54) is 50.7 Å². The zero-order valence-corrected chi connectivity index (χ0v) is 21.4. The second kappa shape index (κ2) is 12.9. The minimum absolute atomic E-state index is 0.000181. The van der Waals surface area contributed by atoms with E-state index in [9.17, 15) is 14.4 Å². The molecule has 1 saturated carbocycles. The number of benzene rings is 1. The van der Waals surface area contributed by atoms with Crippen LogP contribution in [0.2, 0.25) is 0 Å². The van der Waals surface area contributed by atoms with Crippen molar-refractivity contribution in [2.45, 2.75) is 90.5 Å². The Hall–Kier alpha value is -2.34. The number of nitrogens with zero attached hydrogens (tertiary/aromatic N) is 1. The van der Waals surface area contributed by atoms with Crippen LogP contribution in [0.3, 0.4) is 0 Å². The highest BCUT2D eigenvalue weighted by atomic mass is 32.1. The maximum Gasteiger partial charge on any atom is 0.224 e. The number of fused-ring (bicyclic) bond motifs is 1. The summed E-state index contributed by atoms with van der Waals surface area (Å²) in [5.74, 6) is 0.0358. The Kier molecular flexibility index (Phi) is 10.00. The monoisotopic (exact) mass is 482 g/mol. The number of carbonyl (C=O) groups excluding carboxylic acids is 3. The van der Waals surface area contributed by atoms with Crippen molar-refractivity contribution in [3.05, 3.63) is 41.4 Å². The summed E-state index contributed by atoms with van der Waals surface area (Å²) in [4.78, 5) is 42.0. The summed E-state index contributed by atoms with van der Waals surface area (Å²) >= 11 is 1.61. The number of hydrogen-bond acceptors (Lipinski definition) is 5. The van der Waals surface area contributed by atoms with Crippen LogP contribution in [0.25, 0.3) is 10.2 Å². The predicted molar refractivity (Wildman–Crippen MR) is 139 cm³/mol. The first-order chi connectivity index (χ1) is 16.4. The number of hydrogen-bond donors (Lipinski definition) is 1. The summed E-state index contributed by atoms with van der Waals surface area (Å²) in [5.41, 5.74) is 2.21. The third-order valence-electron chi connectivity index (χ3n) is 6.89. The SMILES string of the molecule is C=CC(=O)CC[C@H](CC1CCCCC1)NC(=O)[C@@H](CC(C)=O)Cc1nc2ccc(CC)cc2s1. The molecule has 34 heavy (non-hydrogen) atoms. The van der Waals surface area contributed by atoms with Crippen molar-refractivity contribution in [2.24, 2.45) is 11.8 Å². The van der Waals surface area contributed by atoms with Crippen LogP contribution >= 0.6 is 11.3 Å². The lowest BCUT2D eigenvalue weighted by Crippen LogP contribution is -2.41. The van der Waals surface area contributed by atoms with Crippen LogP contribution in [0.4, 0.5) is 0 Å². The number of rotatable bonds is 13. The van der Waals surface area contributed by atoms with Crippen molar-refractivity contribution in [1.82, 2.24) is 10.3 Å². The van der Waals surface area contributed by atoms with E-state index < -0.39 is 5.92 Å². The number of aryl methyl sites for hydroxylation is 1. The molecule has 1 N–H and O–H groups in total. The number of thiazole rings is 1. The fourth-order valence-electron chi connectivity index (χ4n) is 4.95. The first-order valence-electron chi connectivity index (χ1n) is 12.7. The van der Waals surface area contributed by atoms with Gasteiger partial charge >= 0.3 is 0 Å². The number of carbonyl (C=O) groups is 3. The molecule has 5 nitrogen and oxygen atoms in total. The van der Waals surface area contributed by atoms with Crippen molar-refractivity contribution >= 4 is 39.0 Å². The first kappa shape index (κ1) is 26.3. The van der Waals surface area contributed by atoms with Crippen LogP contribution in [0.15, 0.2) is 30.9 Å². The summed E-state index contributed by atoms with van der Waals surface area (Å²) < 4.78 is 1.12. The number of amides is 1. The molecule has 6 heteroatoms. The summed E-state index contributed by atoms with van der Waals surface area (Å²) in [6.45, 7) is 7.24. The minimum atomic E-state index is -0.451. The van der Waals surface area contributed by atoms with Gasteiger partial charge in [0.05, 0.1) is 21.1 Å². The lowest BCUT2D eigenvalue weighted by Gasteiger charge is -2.28. The Morgan fingerprint density at radius 2 is 2.00 bits per heavy atom. The molecule has 184 valence electrons. The number of ketones is 2. The summed E-state index contributed by atoms with van der Waals surface area (Å²) in [7, 11) is 0. The highest BCUT2D eigenvalue weighted by Gasteiger charge is 2.27. The maximum atomic E-state index is 13.4. The van der Waals surface area contributed by atoms with Crippen molar-refractivity contribution < 1.29 is 14.4 Å². The van der Waals surface area contributed by atoms with E-state index in [2.05, 4.69) is 31.0 Å². The van der Waals surface area contributed by atoms with E-state index in [1.807, 2.05) is 6.07 Å². The van der Waals surface area contributed by atoms with Gasteiger partial charge in [0.2, 0.25) is 5.91 Å². The zero-order valence-electron chi connectivity index (χ0n) is 20.6. The van der Waals surface area contributed by atoms with Gasteiger partial charge in [0.1, 0.15) is 5.78 Å². The Labute approximate surface area is 207 Å². The Morgan fingerprint density at radius 3 is 2.68 bits per heavy atom. The zero-order chi connectivity index (χ0) is 24.5. The third-order valence-corrected chi connectivity index (χ3v) is 7.93. The molecule has 3 rings (SSSR count). The van der Waals surface area contributed by atoms with E-state index >= 15 is 0 Å². The molecule has 1 aromatic carbocycles. The first-order valence-corrected chi connectivity index (χ1v) is 13.5. The Balaban J connectivity index is 1.72. The van der Waals surface area contributed by atoms with E-state index in [0.717, 1.165) is 28.1 Å². The molecular formula is C28H38N2O3S. The molecule has 2 aromatic rings. The molecular weight excluding hydrogens is 444 g/mol. The van der Waals surface area contributed by atoms with Gasteiger partial charge in [0, 0.05) is 25.3 Å². The Morgan fingerprint density at radius 1 is 1.24 bits per heavy atom. The summed E-state index contributed by atoms with van der Waals surface area (Å²) in [6, 6.07) is 6.22. The minimum Gasteiger partial charge on any atom is -0.353 e. The van der Waals surface area contributed by atoms with Gasteiger partial charge in [-0.1, -0.05) is 51.7 Å². The normalized spacial score (nSPS) is 16.2. The van der Waals surface area contributed by atoms with Gasteiger partial charge in [-0.2, -0.15) is 0 Å². The average Bonchev–Trinajstić information content (AvgIpc) is 3.23. The van der Waals surface area contributed by atoms with Gasteiger partial charge in [0.25, 0.3) is 0 Å². The fourth-order valence-corrected chi connectivity index (χ4v) is 6.06. The molecule has 1 aliphatic carbocycles. The van der Waals surface area contributed by atoms with Crippen molar-refractivity contribution in [2.75, 3.05) is 0 Å². The second-order valence-corrected chi connectivity index (χ2v) is 10.8. The molecule has 1 heterocycles. The topological polar surface area (TPSA) is 76.1 Å². The standard InChI is InChI=1S/C28H38N2O3S/c1-4-20-11-14-25-26(17-20)34-27(30-25)18-22(15-19(3)31)28(33)29-23(12-13-24(32)5-2)16-21-9-7-6-8-10-21/h5,11,14,17,21-23H,2,4,6-10,12-13,15-16,18H2,1,3H3,(H,29,33)/t22-,23+/m0/s1. The van der Waals surface area contributed by atoms with Gasteiger partial charge in [-0.15, -0.1) is 11.3 Å². The van der Waals surface area contributed by atoms with E-state index in [4.69, 9.17) is 4.98 Å². The number of allylic oxidation sites excluding steroid dienone is 1. The van der Waals surface area contributed by atoms with Gasteiger partial charge < -0.3 is 10.1 Å². The molecule has 1 aliphatic rings. The predicted octanol–water partition coefficient (Wildman–Crippen LogP) is 5.99. The number of aromatic nitrogens is 1. The Bertz CT molecular complexity index is 1010. The highest BCUT2D eigenvalue weighted by molar-refractivity contribution is 7.18. The lowest BCUT2D eigenvalue weighted by molar-refractivity contribution is -0.129. The van der Waals surface area contributed by atoms with E-state index in [-0.39, 0.29) is 29.9 Å². The summed E-state index contributed by atoms with van der Waals surface area (Å²) in [5, 5.41) is 4.11. The van der Waals surface area contributed by atoms with Crippen LogP contribution < -0.4 is 5.32 Å². The molecule has 0 unspecified atom stereocenters. The van der Waals surface area contributed by atoms with Crippen LogP contribution in [0.5, 0.6) is 0 Å². The maximum absolute atomic E-state index is 13.4. The molecule has 1 amide bonds. The van der Waals surface area contributed by atoms with Crippen LogP contribution in [0.1, 0.15) is 82.2 Å². The average molecular weight is 483 g/mol. The highest BCUT2D eigenvalue weighted by Crippen LogP contribution is 2.29. The van der Waals surface area contributed by atoms with Gasteiger partial charge in [0.15, 0.2) is 5.78 Å². The van der Waals surface area contributed by atoms with Gasteiger partial charge in [-0.3, -0.25) is 9.59 Å². The molecule has 0 radical (unpaired) electrons. The lowest BCUT2D eigenvalue weighted by atomic mass is 9.83. The second-order valence-electron chi connectivity index (χ2n) is 9.72. The van der Waals surface area contributed by atoms with E-state index in [1.54, 1.807) is 11.3 Å². The van der Waals surface area contributed by atoms with Crippen molar-refractivity contribution in [1.29, 1.82) is 0 Å². The van der Waals surface area contributed by atoms with Crippen LogP contribution in [-0.4, -0.2) is 28.5 Å². The van der Waals surface area contributed by atoms with Crippen LogP contribution in [-0.2, 0) is 27.2 Å². The fraction of sp³-hybridized carbons (Fsp3) is 0.571. The molecule has 0 saturated heterocycles. The summed E-state index contributed by atoms with van der Waals surface area (Å²) in [6.07, 6.45) is 11.0. The molecule has 0 spiro atoms. The molecule has 0 aliphatic heterocycles. The number of Topliss-reactive ketones (excluding diaryl/α,β-unsaturated/α-hetero) is 1.